The number of nitrogens with two attached hydrogens (primary N) is 1. The summed E-state index contributed by atoms with van der Waals surface area (Å²) in [7, 11) is -3.47. The number of rotatable bonds is 6. The summed E-state index contributed by atoms with van der Waals surface area (Å²) in [4.78, 5) is 16.1. The van der Waals surface area contributed by atoms with Crippen LogP contribution in [0.25, 0.3) is 33.3 Å². The average molecular weight is 502 g/mol. The van der Waals surface area contributed by atoms with Crippen LogP contribution >= 0.6 is 0 Å². The van der Waals surface area contributed by atoms with Crippen molar-refractivity contribution in [3.8, 4) is 22.3 Å². The topological polar surface area (TPSA) is 150 Å². The molecule has 3 aromatic heterocycles. The van der Waals surface area contributed by atoms with Gasteiger partial charge in [0.25, 0.3) is 0 Å². The summed E-state index contributed by atoms with van der Waals surface area (Å²) in [5, 5.41) is 8.79. The Kier molecular flexibility index (Phi) is 5.69. The Balaban J connectivity index is 1.54. The molecule has 5 aromatic rings. The number of nitrogen functional groups attached to an aromatic ring is 1. The second-order valence-corrected chi connectivity index (χ2v) is 9.91. The highest BCUT2D eigenvalue weighted by molar-refractivity contribution is 7.92. The van der Waals surface area contributed by atoms with Crippen LogP contribution in [0.15, 0.2) is 73.2 Å². The van der Waals surface area contributed by atoms with Crippen molar-refractivity contribution in [1.29, 1.82) is 5.41 Å². The van der Waals surface area contributed by atoms with E-state index in [2.05, 4.69) is 24.7 Å². The van der Waals surface area contributed by atoms with E-state index in [4.69, 9.17) is 11.1 Å². The number of pyridine rings is 2. The lowest BCUT2D eigenvalue weighted by molar-refractivity contribution is 0.606. The third-order valence-electron chi connectivity index (χ3n) is 5.45. The highest BCUT2D eigenvalue weighted by Gasteiger charge is 2.17. The first-order valence-electron chi connectivity index (χ1n) is 10.7. The predicted octanol–water partition coefficient (Wildman–Crippen LogP) is 4.20. The fourth-order valence-corrected chi connectivity index (χ4v) is 4.41. The Morgan fingerprint density at radius 1 is 1.03 bits per heavy atom. The second-order valence-electron chi connectivity index (χ2n) is 8.17. The van der Waals surface area contributed by atoms with Crippen molar-refractivity contribution in [2.45, 2.75) is 0 Å². The van der Waals surface area contributed by atoms with Gasteiger partial charge in [0.05, 0.1) is 29.2 Å². The second kappa shape index (κ2) is 8.86. The minimum Gasteiger partial charge on any atom is -0.383 e. The maximum absolute atomic E-state index is 13.8. The van der Waals surface area contributed by atoms with Gasteiger partial charge in [-0.3, -0.25) is 15.1 Å². The number of nitrogens with one attached hydrogen (secondary N) is 3. The molecule has 180 valence electrons. The zero-order valence-electron chi connectivity index (χ0n) is 18.9. The van der Waals surface area contributed by atoms with Crippen LogP contribution < -0.4 is 10.5 Å². The lowest BCUT2D eigenvalue weighted by Gasteiger charge is -2.09. The Morgan fingerprint density at radius 3 is 2.58 bits per heavy atom. The zero-order valence-corrected chi connectivity index (χ0v) is 19.8. The molecule has 0 fully saturated rings. The Hall–Kier alpha value is -4.64. The summed E-state index contributed by atoms with van der Waals surface area (Å²) >= 11 is 0. The number of halogens is 1. The molecule has 0 aliphatic heterocycles. The number of hydrogen-bond donors (Lipinski definition) is 4. The molecule has 36 heavy (non-hydrogen) atoms. The van der Waals surface area contributed by atoms with Gasteiger partial charge in [-0.05, 0) is 35.9 Å². The van der Waals surface area contributed by atoms with Gasteiger partial charge in [-0.1, -0.05) is 24.3 Å². The summed E-state index contributed by atoms with van der Waals surface area (Å²) in [5.41, 5.74) is 10.6. The number of benzene rings is 2. The molecular weight excluding hydrogens is 481 g/mol. The highest BCUT2D eigenvalue weighted by Crippen LogP contribution is 2.29. The van der Waals surface area contributed by atoms with Gasteiger partial charge in [0.2, 0.25) is 10.0 Å². The number of aromatic nitrogens is 4. The van der Waals surface area contributed by atoms with Crippen molar-refractivity contribution in [2.75, 3.05) is 16.7 Å². The van der Waals surface area contributed by atoms with Gasteiger partial charge in [-0.15, -0.1) is 0 Å². The molecule has 0 aliphatic carbocycles. The maximum atomic E-state index is 13.8. The van der Waals surface area contributed by atoms with Crippen LogP contribution in [0.4, 0.5) is 15.9 Å². The average Bonchev–Trinajstić information content (AvgIpc) is 3.27. The van der Waals surface area contributed by atoms with Crippen molar-refractivity contribution in [3.63, 3.8) is 0 Å². The molecule has 2 aromatic carbocycles. The van der Waals surface area contributed by atoms with E-state index < -0.39 is 10.0 Å². The van der Waals surface area contributed by atoms with Gasteiger partial charge < -0.3 is 10.7 Å². The summed E-state index contributed by atoms with van der Waals surface area (Å²) in [5.74, 6) is 0.0482. The van der Waals surface area contributed by atoms with Crippen LogP contribution in [-0.4, -0.2) is 40.3 Å². The fraction of sp³-hybridized carbons (Fsp3) is 0.0400. The lowest BCUT2D eigenvalue weighted by Crippen LogP contribution is -2.10. The van der Waals surface area contributed by atoms with Crippen molar-refractivity contribution >= 4 is 38.3 Å². The van der Waals surface area contributed by atoms with Crippen LogP contribution in [0.5, 0.6) is 0 Å². The van der Waals surface area contributed by atoms with Crippen molar-refractivity contribution in [1.82, 2.24) is 19.9 Å². The van der Waals surface area contributed by atoms with Crippen molar-refractivity contribution < 1.29 is 12.8 Å². The Labute approximate surface area is 205 Å². The zero-order chi connectivity index (χ0) is 25.4. The molecule has 0 amide bonds. The Morgan fingerprint density at radius 2 is 1.81 bits per heavy atom. The van der Waals surface area contributed by atoms with E-state index in [1.165, 1.54) is 24.5 Å². The molecule has 5 N–H and O–H groups in total. The largest absolute Gasteiger partial charge is 0.383 e. The number of nitrogens with zero attached hydrogens (tertiary/aromatic N) is 3. The summed E-state index contributed by atoms with van der Waals surface area (Å²) in [6.07, 6.45) is 5.52. The van der Waals surface area contributed by atoms with E-state index in [0.29, 0.717) is 39.0 Å². The first kappa shape index (κ1) is 23.1. The molecule has 0 spiro atoms. The molecule has 0 aliphatic rings. The smallest absolute Gasteiger partial charge is 0.229 e. The van der Waals surface area contributed by atoms with Gasteiger partial charge >= 0.3 is 0 Å². The number of fused-ring (bicyclic) bond motifs is 1. The number of imidazole rings is 1. The third kappa shape index (κ3) is 4.64. The van der Waals surface area contributed by atoms with Gasteiger partial charge in [-0.2, -0.15) is 0 Å². The maximum Gasteiger partial charge on any atom is 0.229 e. The molecule has 0 saturated carbocycles. The van der Waals surface area contributed by atoms with E-state index in [9.17, 15) is 12.8 Å². The van der Waals surface area contributed by atoms with Crippen LogP contribution in [0.2, 0.25) is 0 Å². The number of aromatic amines is 1. The summed E-state index contributed by atoms with van der Waals surface area (Å²) in [6, 6.07) is 15.0. The standard InChI is InChI=1S/C25H20FN7O2S/c1-36(34,35)33-18-9-15(11-29-13-18)16-10-20(24(28)30-12-16)22(27)25-31-21-7-3-6-19(23(21)32-25)14-4-2-5-17(26)8-14/h2-13,27,33H,1H3,(H2,28,30)(H,31,32). The first-order chi connectivity index (χ1) is 17.2. The predicted molar refractivity (Wildman–Crippen MR) is 138 cm³/mol. The highest BCUT2D eigenvalue weighted by atomic mass is 32.2. The molecule has 11 heteroatoms. The van der Waals surface area contributed by atoms with Gasteiger partial charge in [0.15, 0.2) is 5.82 Å². The monoisotopic (exact) mass is 501 g/mol. The quantitative estimate of drug-likeness (QED) is 0.256. The minimum atomic E-state index is -3.47. The molecule has 5 rings (SSSR count). The molecular formula is C25H20FN7O2S. The summed E-state index contributed by atoms with van der Waals surface area (Å²) in [6.45, 7) is 0. The van der Waals surface area contributed by atoms with E-state index in [1.807, 2.05) is 18.2 Å². The number of H-pyrrole nitrogens is 1. The first-order valence-corrected chi connectivity index (χ1v) is 12.6. The number of hydrogen-bond acceptors (Lipinski definition) is 7. The number of sulfonamides is 1. The van der Waals surface area contributed by atoms with Crippen molar-refractivity contribution in [3.05, 3.63) is 90.4 Å². The SMILES string of the molecule is CS(=O)(=O)Nc1cncc(-c2cnc(N)c(C(=N)c3nc4c(-c5cccc(F)c5)cccc4[nH]3)c2)c1. The van der Waals surface area contributed by atoms with Crippen LogP contribution in [-0.2, 0) is 10.0 Å². The van der Waals surface area contributed by atoms with Gasteiger partial charge in [0.1, 0.15) is 17.3 Å². The van der Waals surface area contributed by atoms with Gasteiger partial charge in [-0.25, -0.2) is 22.8 Å². The molecule has 0 unspecified atom stereocenters. The number of anilines is 2. The minimum absolute atomic E-state index is 0.0154. The molecule has 9 nitrogen and oxygen atoms in total. The molecule has 0 radical (unpaired) electrons. The van der Waals surface area contributed by atoms with Crippen molar-refractivity contribution in [2.24, 2.45) is 0 Å². The molecule has 3 heterocycles. The Bertz CT molecular complexity index is 1750. The summed E-state index contributed by atoms with van der Waals surface area (Å²) < 4.78 is 39.3. The molecule has 0 atom stereocenters. The number of para-hydroxylation sites is 1. The van der Waals surface area contributed by atoms with E-state index >= 15 is 0 Å². The van der Waals surface area contributed by atoms with E-state index in [1.54, 1.807) is 30.5 Å². The molecule has 0 saturated heterocycles. The lowest BCUT2D eigenvalue weighted by atomic mass is 10.0. The van der Waals surface area contributed by atoms with E-state index in [0.717, 1.165) is 11.8 Å². The molecule has 0 bridgehead atoms. The van der Waals surface area contributed by atoms with Crippen LogP contribution in [0.1, 0.15) is 11.4 Å². The normalized spacial score (nSPS) is 11.5. The fourth-order valence-electron chi connectivity index (χ4n) is 3.87. The van der Waals surface area contributed by atoms with E-state index in [-0.39, 0.29) is 23.2 Å². The van der Waals surface area contributed by atoms with Gasteiger partial charge in [0, 0.05) is 34.6 Å². The van der Waals surface area contributed by atoms with Crippen LogP contribution in [0, 0.1) is 11.2 Å². The van der Waals surface area contributed by atoms with Crippen LogP contribution in [0.3, 0.4) is 0 Å². The third-order valence-corrected chi connectivity index (χ3v) is 6.05.